The maximum absolute atomic E-state index is 12.8. The summed E-state index contributed by atoms with van der Waals surface area (Å²) in [5.74, 6) is 10.8. The first kappa shape index (κ1) is 61.3. The molecular formula is C72H124O3. The third kappa shape index (κ3) is 15.0. The second-order valence-electron chi connectivity index (χ2n) is 30.2. The molecule has 6 saturated carbocycles. The summed E-state index contributed by atoms with van der Waals surface area (Å²) in [6, 6.07) is 0. The normalized spacial score (nSPS) is 37.8. The molecule has 0 radical (unpaired) electrons. The zero-order valence-corrected chi connectivity index (χ0v) is 51.6. The molecule has 3 heteroatoms. The van der Waals surface area contributed by atoms with Crippen molar-refractivity contribution in [2.24, 2.45) is 92.7 Å². The third-order valence-electron chi connectivity index (χ3n) is 24.5. The zero-order chi connectivity index (χ0) is 53.8. The molecule has 6 fully saturated rings. The van der Waals surface area contributed by atoms with Crippen LogP contribution in [0.5, 0.6) is 0 Å². The lowest BCUT2D eigenvalue weighted by Gasteiger charge is -2.58. The number of hydrogen-bond donors (Lipinski definition) is 1. The van der Waals surface area contributed by atoms with Crippen LogP contribution in [0, 0.1) is 92.7 Å². The van der Waals surface area contributed by atoms with E-state index in [4.69, 9.17) is 4.74 Å². The molecule has 8 rings (SSSR count). The summed E-state index contributed by atoms with van der Waals surface area (Å²) >= 11 is 0. The van der Waals surface area contributed by atoms with Gasteiger partial charge in [-0.3, -0.25) is 4.79 Å². The third-order valence-corrected chi connectivity index (χ3v) is 24.5. The number of esters is 1. The molecule has 0 aromatic rings. The molecule has 75 heavy (non-hydrogen) atoms. The Kier molecular flexibility index (Phi) is 23.2. The first-order valence-corrected chi connectivity index (χ1v) is 33.9. The second kappa shape index (κ2) is 28.4. The summed E-state index contributed by atoms with van der Waals surface area (Å²) in [5.41, 5.74) is 5.13. The van der Waals surface area contributed by atoms with Crippen LogP contribution in [0.1, 0.15) is 307 Å². The smallest absolute Gasteiger partial charge is 0.306 e. The highest BCUT2D eigenvalue weighted by Gasteiger charge is 2.61. The zero-order valence-electron chi connectivity index (χ0n) is 51.6. The molecule has 1 N–H and O–H groups in total. The second-order valence-corrected chi connectivity index (χ2v) is 30.2. The average Bonchev–Trinajstić information content (AvgIpc) is 3.93. The van der Waals surface area contributed by atoms with Gasteiger partial charge in [0.15, 0.2) is 0 Å². The number of ether oxygens (including phenoxy) is 1. The number of rotatable bonds is 26. The minimum atomic E-state index is -0.0766. The van der Waals surface area contributed by atoms with Crippen LogP contribution in [0.2, 0.25) is 0 Å². The predicted octanol–water partition coefficient (Wildman–Crippen LogP) is 21.4. The highest BCUT2D eigenvalue weighted by Crippen LogP contribution is 2.69. The average molecular weight is 1040 g/mol. The van der Waals surface area contributed by atoms with Crippen LogP contribution < -0.4 is 0 Å². The van der Waals surface area contributed by atoms with Crippen LogP contribution in [-0.4, -0.2) is 23.3 Å². The van der Waals surface area contributed by atoms with Gasteiger partial charge in [-0.1, -0.05) is 202 Å². The molecule has 0 aromatic carbocycles. The first-order valence-electron chi connectivity index (χ1n) is 33.9. The van der Waals surface area contributed by atoms with Gasteiger partial charge < -0.3 is 9.84 Å². The Morgan fingerprint density at radius 1 is 0.547 bits per heavy atom. The summed E-state index contributed by atoms with van der Waals surface area (Å²) < 4.78 is 6.12. The number of fused-ring (bicyclic) bond motifs is 10. The summed E-state index contributed by atoms with van der Waals surface area (Å²) in [5, 5.41) is 10.2. The number of hydrogen-bond acceptors (Lipinski definition) is 3. The van der Waals surface area contributed by atoms with Crippen molar-refractivity contribution < 1.29 is 14.6 Å². The number of unbranched alkanes of at least 4 members (excludes halogenated alkanes) is 11. The van der Waals surface area contributed by atoms with Crippen molar-refractivity contribution in [2.45, 2.75) is 320 Å². The van der Waals surface area contributed by atoms with Gasteiger partial charge in [0.05, 0.1) is 6.10 Å². The minimum absolute atomic E-state index is 0.0541. The van der Waals surface area contributed by atoms with E-state index in [2.05, 4.69) is 100 Å². The SMILES string of the molecule is CC(C)CCC[C@@H](C)[C@H]1CC[C@H]2[C@@H]3CC=C4CC(O)CC[C@]4(C)[C@H]3CC[C@]12C.CCCCCCCC/C=C\CCCCCCCC(=O)OC1CC[C@@]2(C)C(=CCC3C2CC[C@@]2(C)C3CC[C@@H]2[C@H](C)CCCC(C)C)C1. The largest absolute Gasteiger partial charge is 0.462 e. The Labute approximate surface area is 466 Å². The van der Waals surface area contributed by atoms with Crippen LogP contribution in [0.25, 0.3) is 0 Å². The van der Waals surface area contributed by atoms with E-state index in [9.17, 15) is 9.90 Å². The van der Waals surface area contributed by atoms with E-state index >= 15 is 0 Å². The first-order chi connectivity index (χ1) is 35.9. The fourth-order valence-electron chi connectivity index (χ4n) is 20.0. The predicted molar refractivity (Wildman–Crippen MR) is 321 cm³/mol. The van der Waals surface area contributed by atoms with E-state index in [-0.39, 0.29) is 18.2 Å². The van der Waals surface area contributed by atoms with Crippen molar-refractivity contribution in [1.29, 1.82) is 0 Å². The summed E-state index contributed by atoms with van der Waals surface area (Å²) in [7, 11) is 0. The molecule has 8 aliphatic rings. The topological polar surface area (TPSA) is 46.5 Å². The molecule has 0 saturated heterocycles. The number of carbonyl (C=O) groups is 1. The lowest BCUT2D eigenvalue weighted by atomic mass is 9.47. The summed E-state index contributed by atoms with van der Waals surface area (Å²) in [4.78, 5) is 12.8. The van der Waals surface area contributed by atoms with E-state index in [1.165, 1.54) is 186 Å². The van der Waals surface area contributed by atoms with Gasteiger partial charge in [0.1, 0.15) is 6.10 Å². The highest BCUT2D eigenvalue weighted by molar-refractivity contribution is 5.69. The summed E-state index contributed by atoms with van der Waals surface area (Å²) in [6.45, 7) is 27.5. The van der Waals surface area contributed by atoms with Crippen molar-refractivity contribution in [1.82, 2.24) is 0 Å². The Morgan fingerprint density at radius 2 is 1.01 bits per heavy atom. The van der Waals surface area contributed by atoms with Gasteiger partial charge in [-0.05, 0) is 221 Å². The lowest BCUT2D eigenvalue weighted by molar-refractivity contribution is -0.151. The molecule has 16 atom stereocenters. The van der Waals surface area contributed by atoms with Crippen molar-refractivity contribution in [3.63, 3.8) is 0 Å². The van der Waals surface area contributed by atoms with E-state index < -0.39 is 0 Å². The molecule has 0 bridgehead atoms. The molecule has 0 amide bonds. The van der Waals surface area contributed by atoms with Gasteiger partial charge in [0.25, 0.3) is 0 Å². The standard InChI is InChI=1S/C45H78O2.C27H46O/c1-7-8-9-10-11-12-13-14-15-16-17-18-19-20-21-25-43(46)47-38-30-32-44(5)37(34-38)26-27-39-41-29-28-40(36(4)24-22-23-35(2)3)45(41,6)33-31-42(39)44;1-18(2)7-6-8-19(3)23-11-12-24-22-10-9-20-17-21(28)13-15-26(20,4)25(22)14-16-27(23,24)5/h14-15,26,35-36,38-42H,7-13,16-25,27-34H2,1-6H3;9,18-19,21-25,28H,6-8,10-17H2,1-5H3/b15-14-;/t36-,38?,39?,40-,41?,42?,44+,45-;19-,21?,22+,23-,24+,25+,26+,27-/m11/s1. The fourth-order valence-corrected chi connectivity index (χ4v) is 20.0. The highest BCUT2D eigenvalue weighted by atomic mass is 16.5. The van der Waals surface area contributed by atoms with E-state index in [0.29, 0.717) is 28.1 Å². The van der Waals surface area contributed by atoms with Crippen molar-refractivity contribution in [3.05, 3.63) is 35.5 Å². The van der Waals surface area contributed by atoms with Gasteiger partial charge in [-0.25, -0.2) is 0 Å². The maximum atomic E-state index is 12.8. The van der Waals surface area contributed by atoms with Crippen LogP contribution in [-0.2, 0) is 9.53 Å². The molecule has 3 nitrogen and oxygen atoms in total. The van der Waals surface area contributed by atoms with Crippen LogP contribution in [0.4, 0.5) is 0 Å². The Balaban J connectivity index is 0.000000248. The number of allylic oxidation sites excluding steroid dienone is 4. The molecule has 0 aromatic heterocycles. The Hall–Kier alpha value is -1.35. The van der Waals surface area contributed by atoms with E-state index in [1.807, 2.05) is 0 Å². The van der Waals surface area contributed by atoms with Crippen LogP contribution in [0.3, 0.4) is 0 Å². The molecule has 0 heterocycles. The van der Waals surface area contributed by atoms with Gasteiger partial charge in [-0.15, -0.1) is 0 Å². The molecule has 5 unspecified atom stereocenters. The maximum Gasteiger partial charge on any atom is 0.306 e. The van der Waals surface area contributed by atoms with Gasteiger partial charge in [0.2, 0.25) is 0 Å². The molecule has 430 valence electrons. The van der Waals surface area contributed by atoms with Crippen molar-refractivity contribution >= 4 is 5.97 Å². The molecule has 0 aliphatic heterocycles. The molecule has 0 spiro atoms. The number of aliphatic hydroxyl groups excluding tert-OH is 1. The van der Waals surface area contributed by atoms with Crippen molar-refractivity contribution in [2.75, 3.05) is 0 Å². The molecular weight excluding hydrogens is 913 g/mol. The minimum Gasteiger partial charge on any atom is -0.462 e. The van der Waals surface area contributed by atoms with E-state index in [1.54, 1.807) is 11.1 Å². The number of aliphatic hydroxyl groups is 1. The lowest BCUT2D eigenvalue weighted by Crippen LogP contribution is -2.51. The quantitative estimate of drug-likeness (QED) is 0.0533. The van der Waals surface area contributed by atoms with Gasteiger partial charge >= 0.3 is 5.97 Å². The summed E-state index contributed by atoms with van der Waals surface area (Å²) in [6.07, 6.45) is 56.6. The van der Waals surface area contributed by atoms with Crippen LogP contribution >= 0.6 is 0 Å². The Morgan fingerprint density at radius 3 is 1.52 bits per heavy atom. The fraction of sp³-hybridized carbons (Fsp3) is 0.903. The molecule has 8 aliphatic carbocycles. The monoisotopic (exact) mass is 1040 g/mol. The van der Waals surface area contributed by atoms with E-state index in [0.717, 1.165) is 110 Å². The van der Waals surface area contributed by atoms with Gasteiger partial charge in [0, 0.05) is 12.8 Å². The Bertz CT molecular complexity index is 1820. The van der Waals surface area contributed by atoms with Crippen molar-refractivity contribution in [3.8, 4) is 0 Å². The number of carbonyl (C=O) groups excluding carboxylic acids is 1. The van der Waals surface area contributed by atoms with Crippen LogP contribution in [0.15, 0.2) is 35.5 Å². The van der Waals surface area contributed by atoms with Gasteiger partial charge in [-0.2, -0.15) is 0 Å².